The van der Waals surface area contributed by atoms with Crippen LogP contribution in [-0.2, 0) is 19.7 Å². The average molecular weight is 497 g/mol. The van der Waals surface area contributed by atoms with E-state index in [1.54, 1.807) is 0 Å². The summed E-state index contributed by atoms with van der Waals surface area (Å²) < 4.78 is 16.3. The minimum absolute atomic E-state index is 0.137. The molecule has 1 aromatic heterocycles. The fraction of sp³-hybridized carbons (Fsp3) is 0.233. The number of aromatic nitrogens is 1. The Bertz CT molecular complexity index is 1370. The van der Waals surface area contributed by atoms with Gasteiger partial charge in [-0.1, -0.05) is 78.9 Å². The molecule has 0 aliphatic heterocycles. The van der Waals surface area contributed by atoms with Crippen LogP contribution in [0.3, 0.4) is 0 Å². The summed E-state index contributed by atoms with van der Waals surface area (Å²) in [5.74, 6) is 0.592. The van der Waals surface area contributed by atoms with Gasteiger partial charge in [0.05, 0.1) is 12.0 Å². The summed E-state index contributed by atoms with van der Waals surface area (Å²) in [7, 11) is 0. The number of carbonyl (C=O) groups excluding carboxylic acids is 2. The summed E-state index contributed by atoms with van der Waals surface area (Å²) in [6.45, 7) is 4.03. The normalized spacial score (nSPS) is 14.4. The first kappa shape index (κ1) is 24.3. The lowest BCUT2D eigenvalue weighted by atomic mass is 9.93. The van der Waals surface area contributed by atoms with Crippen molar-refractivity contribution in [3.63, 3.8) is 0 Å². The Morgan fingerprint density at radius 2 is 1.57 bits per heavy atom. The molecule has 1 amide bonds. The van der Waals surface area contributed by atoms with Gasteiger partial charge in [-0.05, 0) is 48.9 Å². The van der Waals surface area contributed by atoms with Gasteiger partial charge in [-0.15, -0.1) is 0 Å². The second-order valence-electron chi connectivity index (χ2n) is 9.07. The Kier molecular flexibility index (Phi) is 6.77. The van der Waals surface area contributed by atoms with Gasteiger partial charge in [0.2, 0.25) is 0 Å². The van der Waals surface area contributed by atoms with Crippen LogP contribution in [0.2, 0.25) is 0 Å². The second kappa shape index (κ2) is 10.3. The SMILES string of the molecule is CCOC(=O)C1(c2ccc(-c3ccc(-c4ocnc4NC(=O)OC(C)c4ccccc4)cc3)cc2)CC1. The molecule has 1 unspecified atom stereocenters. The maximum absolute atomic E-state index is 12.5. The van der Waals surface area contributed by atoms with Gasteiger partial charge in [-0.3, -0.25) is 10.1 Å². The highest BCUT2D eigenvalue weighted by molar-refractivity contribution is 5.88. The molecule has 5 rings (SSSR count). The number of rotatable bonds is 8. The Hall–Kier alpha value is -4.39. The van der Waals surface area contributed by atoms with Crippen molar-refractivity contribution in [3.8, 4) is 22.5 Å². The number of anilines is 1. The van der Waals surface area contributed by atoms with Crippen LogP contribution in [0.25, 0.3) is 22.5 Å². The van der Waals surface area contributed by atoms with E-state index in [-0.39, 0.29) is 11.8 Å². The van der Waals surface area contributed by atoms with Crippen molar-refractivity contribution in [3.05, 3.63) is 96.4 Å². The fourth-order valence-corrected chi connectivity index (χ4v) is 4.42. The van der Waals surface area contributed by atoms with E-state index >= 15 is 0 Å². The molecule has 1 N–H and O–H groups in total. The first-order valence-electron chi connectivity index (χ1n) is 12.3. The minimum atomic E-state index is -0.612. The summed E-state index contributed by atoms with van der Waals surface area (Å²) in [6, 6.07) is 25.3. The van der Waals surface area contributed by atoms with Gasteiger partial charge < -0.3 is 13.9 Å². The summed E-state index contributed by atoms with van der Waals surface area (Å²) in [4.78, 5) is 29.0. The highest BCUT2D eigenvalue weighted by atomic mass is 16.6. The van der Waals surface area contributed by atoms with Gasteiger partial charge in [-0.25, -0.2) is 4.79 Å². The lowest BCUT2D eigenvalue weighted by Crippen LogP contribution is -2.23. The molecule has 37 heavy (non-hydrogen) atoms. The van der Waals surface area contributed by atoms with Crippen molar-refractivity contribution >= 4 is 17.9 Å². The maximum Gasteiger partial charge on any atom is 0.413 e. The largest absolute Gasteiger partial charge is 0.465 e. The number of oxazole rings is 1. The van der Waals surface area contributed by atoms with E-state index < -0.39 is 17.6 Å². The number of amides is 1. The molecule has 1 aliphatic carbocycles. The molecule has 188 valence electrons. The molecule has 7 heteroatoms. The average Bonchev–Trinajstić information content (AvgIpc) is 3.62. The molecule has 0 bridgehead atoms. The van der Waals surface area contributed by atoms with Gasteiger partial charge in [0.15, 0.2) is 18.0 Å². The topological polar surface area (TPSA) is 90.7 Å². The zero-order valence-corrected chi connectivity index (χ0v) is 20.8. The molecule has 1 fully saturated rings. The van der Waals surface area contributed by atoms with Crippen molar-refractivity contribution in [2.24, 2.45) is 0 Å². The molecule has 0 radical (unpaired) electrons. The van der Waals surface area contributed by atoms with E-state index in [4.69, 9.17) is 13.9 Å². The predicted octanol–water partition coefficient (Wildman–Crippen LogP) is 6.91. The third-order valence-electron chi connectivity index (χ3n) is 6.67. The van der Waals surface area contributed by atoms with Crippen LogP contribution in [0.1, 0.15) is 43.9 Å². The van der Waals surface area contributed by atoms with Gasteiger partial charge in [0.1, 0.15) is 6.10 Å². The zero-order chi connectivity index (χ0) is 25.8. The van der Waals surface area contributed by atoms with E-state index in [0.717, 1.165) is 40.7 Å². The molecule has 7 nitrogen and oxygen atoms in total. The van der Waals surface area contributed by atoms with E-state index in [0.29, 0.717) is 12.4 Å². The molecule has 1 aliphatic rings. The highest BCUT2D eigenvalue weighted by Gasteiger charge is 2.52. The second-order valence-corrected chi connectivity index (χ2v) is 9.07. The van der Waals surface area contributed by atoms with E-state index in [1.807, 2.05) is 92.7 Å². The molecular weight excluding hydrogens is 468 g/mol. The lowest BCUT2D eigenvalue weighted by Gasteiger charge is -2.15. The van der Waals surface area contributed by atoms with Crippen LogP contribution < -0.4 is 5.32 Å². The highest BCUT2D eigenvalue weighted by Crippen LogP contribution is 2.49. The Morgan fingerprint density at radius 1 is 0.946 bits per heavy atom. The van der Waals surface area contributed by atoms with E-state index in [9.17, 15) is 9.59 Å². The minimum Gasteiger partial charge on any atom is -0.465 e. The van der Waals surface area contributed by atoms with Crippen LogP contribution >= 0.6 is 0 Å². The third kappa shape index (κ3) is 5.11. The van der Waals surface area contributed by atoms with Gasteiger partial charge in [0, 0.05) is 5.56 Å². The number of esters is 1. The van der Waals surface area contributed by atoms with Crippen molar-refractivity contribution in [2.45, 2.75) is 38.2 Å². The van der Waals surface area contributed by atoms with Crippen LogP contribution in [-0.4, -0.2) is 23.7 Å². The smallest absolute Gasteiger partial charge is 0.413 e. The number of carbonyl (C=O) groups is 2. The number of hydrogen-bond donors (Lipinski definition) is 1. The number of ether oxygens (including phenoxy) is 2. The van der Waals surface area contributed by atoms with Crippen LogP contribution in [0.15, 0.2) is 89.7 Å². The fourth-order valence-electron chi connectivity index (χ4n) is 4.42. The van der Waals surface area contributed by atoms with Crippen molar-refractivity contribution in [2.75, 3.05) is 11.9 Å². The maximum atomic E-state index is 12.5. The Morgan fingerprint density at radius 3 is 2.19 bits per heavy atom. The van der Waals surface area contributed by atoms with E-state index in [2.05, 4.69) is 10.3 Å². The molecule has 3 aromatic carbocycles. The first-order chi connectivity index (χ1) is 18.0. The summed E-state index contributed by atoms with van der Waals surface area (Å²) >= 11 is 0. The van der Waals surface area contributed by atoms with Gasteiger partial charge in [0.25, 0.3) is 0 Å². The zero-order valence-electron chi connectivity index (χ0n) is 20.8. The molecule has 1 atom stereocenters. The number of nitrogens with one attached hydrogen (secondary N) is 1. The third-order valence-corrected chi connectivity index (χ3v) is 6.67. The Labute approximate surface area is 215 Å². The Balaban J connectivity index is 1.26. The van der Waals surface area contributed by atoms with Crippen molar-refractivity contribution in [1.82, 2.24) is 4.98 Å². The van der Waals surface area contributed by atoms with Crippen molar-refractivity contribution in [1.29, 1.82) is 0 Å². The van der Waals surface area contributed by atoms with Crippen LogP contribution in [0.4, 0.5) is 10.6 Å². The molecule has 0 spiro atoms. The van der Waals surface area contributed by atoms with Crippen LogP contribution in [0.5, 0.6) is 0 Å². The molecule has 4 aromatic rings. The van der Waals surface area contributed by atoms with Crippen LogP contribution in [0, 0.1) is 0 Å². The number of benzene rings is 3. The monoisotopic (exact) mass is 496 g/mol. The molecular formula is C30H28N2O5. The molecule has 0 saturated heterocycles. The summed E-state index contributed by atoms with van der Waals surface area (Å²) in [6.07, 6.45) is 1.92. The number of nitrogens with zero attached hydrogens (tertiary/aromatic N) is 1. The standard InChI is InChI=1S/C30H28N2O5/c1-3-35-28(33)30(17-18-30)25-15-13-23(14-16-25)22-9-11-24(12-10-22)26-27(31-19-36-26)32-29(34)37-20(2)21-7-5-4-6-8-21/h4-16,19-20H,3,17-18H2,1-2H3,(H,32,34). The predicted molar refractivity (Wildman–Crippen MR) is 140 cm³/mol. The number of hydrogen-bond acceptors (Lipinski definition) is 6. The first-order valence-corrected chi connectivity index (χ1v) is 12.3. The molecule has 1 saturated carbocycles. The van der Waals surface area contributed by atoms with Gasteiger partial charge in [-0.2, -0.15) is 4.98 Å². The quantitative estimate of drug-likeness (QED) is 0.267. The van der Waals surface area contributed by atoms with Crippen molar-refractivity contribution < 1.29 is 23.5 Å². The lowest BCUT2D eigenvalue weighted by molar-refractivity contribution is -0.146. The van der Waals surface area contributed by atoms with E-state index in [1.165, 1.54) is 6.39 Å². The molecule has 1 heterocycles. The summed E-state index contributed by atoms with van der Waals surface area (Å²) in [5, 5.41) is 2.68. The van der Waals surface area contributed by atoms with Gasteiger partial charge >= 0.3 is 12.1 Å². The summed E-state index contributed by atoms with van der Waals surface area (Å²) in [5.41, 5.74) is 4.23.